The standard InChI is InChI=1S/C16H20F2N2O2/c1-3-6-19-7-9-20(10-8-19)16(21)12(2)22-15-5-4-13(17)11-14(15)18/h3-5,11-12H,1,6-10H2,2H3/t12-/m0/s1. The van der Waals surface area contributed by atoms with Crippen LogP contribution >= 0.6 is 0 Å². The molecular formula is C16H20F2N2O2. The number of amides is 1. The summed E-state index contributed by atoms with van der Waals surface area (Å²) in [5.74, 6) is -1.80. The summed E-state index contributed by atoms with van der Waals surface area (Å²) >= 11 is 0. The fourth-order valence-corrected chi connectivity index (χ4v) is 2.40. The van der Waals surface area contributed by atoms with Crippen LogP contribution in [0.25, 0.3) is 0 Å². The molecule has 4 nitrogen and oxygen atoms in total. The Morgan fingerprint density at radius 3 is 2.64 bits per heavy atom. The molecule has 6 heteroatoms. The van der Waals surface area contributed by atoms with E-state index in [-0.39, 0.29) is 11.7 Å². The van der Waals surface area contributed by atoms with Gasteiger partial charge in [-0.3, -0.25) is 9.69 Å². The lowest BCUT2D eigenvalue weighted by molar-refractivity contribution is -0.139. The molecule has 1 aromatic carbocycles. The van der Waals surface area contributed by atoms with Crippen molar-refractivity contribution in [3.8, 4) is 5.75 Å². The zero-order chi connectivity index (χ0) is 16.1. The molecule has 1 fully saturated rings. The van der Waals surface area contributed by atoms with Gasteiger partial charge < -0.3 is 9.64 Å². The minimum Gasteiger partial charge on any atom is -0.478 e. The number of rotatable bonds is 5. The van der Waals surface area contributed by atoms with Gasteiger partial charge in [0.25, 0.3) is 5.91 Å². The lowest BCUT2D eigenvalue weighted by atomic mass is 10.2. The van der Waals surface area contributed by atoms with Gasteiger partial charge in [0, 0.05) is 38.8 Å². The zero-order valence-electron chi connectivity index (χ0n) is 12.6. The van der Waals surface area contributed by atoms with E-state index in [1.807, 2.05) is 6.08 Å². The summed E-state index contributed by atoms with van der Waals surface area (Å²) in [5, 5.41) is 0. The number of piperazine rings is 1. The second-order valence-corrected chi connectivity index (χ2v) is 5.25. The number of halogens is 2. The summed E-state index contributed by atoms with van der Waals surface area (Å²) in [4.78, 5) is 16.2. The molecule has 1 amide bonds. The van der Waals surface area contributed by atoms with Crippen LogP contribution in [0.15, 0.2) is 30.9 Å². The van der Waals surface area contributed by atoms with E-state index in [1.54, 1.807) is 11.8 Å². The molecule has 0 unspecified atom stereocenters. The lowest BCUT2D eigenvalue weighted by Crippen LogP contribution is -2.51. The molecule has 1 heterocycles. The van der Waals surface area contributed by atoms with E-state index in [9.17, 15) is 13.6 Å². The van der Waals surface area contributed by atoms with Gasteiger partial charge >= 0.3 is 0 Å². The molecule has 1 atom stereocenters. The van der Waals surface area contributed by atoms with E-state index in [0.29, 0.717) is 13.1 Å². The van der Waals surface area contributed by atoms with E-state index in [2.05, 4.69) is 11.5 Å². The first-order valence-corrected chi connectivity index (χ1v) is 7.25. The molecule has 0 radical (unpaired) electrons. The molecule has 0 saturated carbocycles. The minimum atomic E-state index is -0.814. The molecule has 0 aliphatic carbocycles. The van der Waals surface area contributed by atoms with E-state index < -0.39 is 17.7 Å². The molecule has 0 N–H and O–H groups in total. The van der Waals surface area contributed by atoms with Gasteiger partial charge in [-0.1, -0.05) is 6.08 Å². The molecule has 0 spiro atoms. The molecule has 22 heavy (non-hydrogen) atoms. The van der Waals surface area contributed by atoms with Crippen LogP contribution in [-0.2, 0) is 4.79 Å². The average Bonchev–Trinajstić information content (AvgIpc) is 2.50. The van der Waals surface area contributed by atoms with Crippen LogP contribution in [0.2, 0.25) is 0 Å². The summed E-state index contributed by atoms with van der Waals surface area (Å²) < 4.78 is 31.7. The number of benzene rings is 1. The monoisotopic (exact) mass is 310 g/mol. The van der Waals surface area contributed by atoms with Crippen LogP contribution in [0.3, 0.4) is 0 Å². The van der Waals surface area contributed by atoms with Crippen molar-refractivity contribution in [1.29, 1.82) is 0 Å². The fraction of sp³-hybridized carbons (Fsp3) is 0.438. The van der Waals surface area contributed by atoms with Crippen molar-refractivity contribution in [1.82, 2.24) is 9.80 Å². The average molecular weight is 310 g/mol. The summed E-state index contributed by atoms with van der Waals surface area (Å²) in [6, 6.07) is 3.03. The molecule has 0 bridgehead atoms. The van der Waals surface area contributed by atoms with Gasteiger partial charge in [-0.2, -0.15) is 0 Å². The Morgan fingerprint density at radius 2 is 2.05 bits per heavy atom. The molecule has 2 rings (SSSR count). The zero-order valence-corrected chi connectivity index (χ0v) is 12.6. The van der Waals surface area contributed by atoms with Crippen LogP contribution in [0.4, 0.5) is 8.78 Å². The van der Waals surface area contributed by atoms with Crippen molar-refractivity contribution in [3.63, 3.8) is 0 Å². The smallest absolute Gasteiger partial charge is 0.263 e. The van der Waals surface area contributed by atoms with E-state index in [0.717, 1.165) is 31.8 Å². The van der Waals surface area contributed by atoms with Crippen molar-refractivity contribution in [2.45, 2.75) is 13.0 Å². The largest absolute Gasteiger partial charge is 0.478 e. The topological polar surface area (TPSA) is 32.8 Å². The van der Waals surface area contributed by atoms with Crippen molar-refractivity contribution < 1.29 is 18.3 Å². The highest BCUT2D eigenvalue weighted by atomic mass is 19.1. The lowest BCUT2D eigenvalue weighted by Gasteiger charge is -2.35. The molecule has 1 aliphatic rings. The Bertz CT molecular complexity index is 543. The highest BCUT2D eigenvalue weighted by Gasteiger charge is 2.26. The van der Waals surface area contributed by atoms with Crippen LogP contribution in [0.1, 0.15) is 6.92 Å². The normalized spacial score (nSPS) is 17.1. The van der Waals surface area contributed by atoms with Crippen molar-refractivity contribution in [2.75, 3.05) is 32.7 Å². The first-order valence-electron chi connectivity index (χ1n) is 7.25. The van der Waals surface area contributed by atoms with Crippen LogP contribution in [0.5, 0.6) is 5.75 Å². The number of nitrogens with zero attached hydrogens (tertiary/aromatic N) is 2. The van der Waals surface area contributed by atoms with Crippen LogP contribution in [-0.4, -0.2) is 54.5 Å². The number of hydrogen-bond acceptors (Lipinski definition) is 3. The molecule has 1 aromatic rings. The number of hydrogen-bond donors (Lipinski definition) is 0. The second kappa shape index (κ2) is 7.35. The van der Waals surface area contributed by atoms with Crippen LogP contribution < -0.4 is 4.74 Å². The molecule has 120 valence electrons. The maximum atomic E-state index is 13.5. The molecule has 0 aromatic heterocycles. The summed E-state index contributed by atoms with van der Waals surface area (Å²) in [5.41, 5.74) is 0. The first kappa shape index (κ1) is 16.4. The SMILES string of the molecule is C=CCN1CCN(C(=O)[C@H](C)Oc2ccc(F)cc2F)CC1. The fourth-order valence-electron chi connectivity index (χ4n) is 2.40. The van der Waals surface area contributed by atoms with Crippen molar-refractivity contribution >= 4 is 5.91 Å². The number of ether oxygens (including phenoxy) is 1. The Kier molecular flexibility index (Phi) is 5.49. The Labute approximate surface area is 129 Å². The third-order valence-corrected chi connectivity index (χ3v) is 3.62. The molecule has 1 saturated heterocycles. The Balaban J connectivity index is 1.91. The van der Waals surface area contributed by atoms with Gasteiger partial charge in [0.2, 0.25) is 0 Å². The first-order chi connectivity index (χ1) is 10.5. The predicted octanol–water partition coefficient (Wildman–Crippen LogP) is 2.06. The third-order valence-electron chi connectivity index (χ3n) is 3.62. The van der Waals surface area contributed by atoms with Crippen molar-refractivity contribution in [3.05, 3.63) is 42.5 Å². The van der Waals surface area contributed by atoms with Gasteiger partial charge in [-0.15, -0.1) is 6.58 Å². The highest BCUT2D eigenvalue weighted by Crippen LogP contribution is 2.19. The van der Waals surface area contributed by atoms with Gasteiger partial charge in [0.1, 0.15) is 5.82 Å². The maximum absolute atomic E-state index is 13.5. The van der Waals surface area contributed by atoms with E-state index in [1.165, 1.54) is 6.07 Å². The van der Waals surface area contributed by atoms with Gasteiger partial charge in [-0.05, 0) is 19.1 Å². The van der Waals surface area contributed by atoms with Crippen LogP contribution in [0, 0.1) is 11.6 Å². The highest BCUT2D eigenvalue weighted by molar-refractivity contribution is 5.81. The molecule has 1 aliphatic heterocycles. The van der Waals surface area contributed by atoms with Crippen molar-refractivity contribution in [2.24, 2.45) is 0 Å². The maximum Gasteiger partial charge on any atom is 0.263 e. The van der Waals surface area contributed by atoms with Gasteiger partial charge in [0.05, 0.1) is 0 Å². The van der Waals surface area contributed by atoms with Gasteiger partial charge in [0.15, 0.2) is 17.7 Å². The summed E-state index contributed by atoms with van der Waals surface area (Å²) in [6.45, 7) is 8.82. The summed E-state index contributed by atoms with van der Waals surface area (Å²) in [7, 11) is 0. The predicted molar refractivity (Wildman–Crippen MR) is 79.7 cm³/mol. The second-order valence-electron chi connectivity index (χ2n) is 5.25. The third kappa shape index (κ3) is 4.04. The van der Waals surface area contributed by atoms with E-state index >= 15 is 0 Å². The minimum absolute atomic E-state index is 0.118. The Hall–Kier alpha value is -1.95. The van der Waals surface area contributed by atoms with Gasteiger partial charge in [-0.25, -0.2) is 8.78 Å². The number of carbonyl (C=O) groups is 1. The Morgan fingerprint density at radius 1 is 1.36 bits per heavy atom. The summed E-state index contributed by atoms with van der Waals surface area (Å²) in [6.07, 6.45) is 1.02. The quantitative estimate of drug-likeness (QED) is 0.781. The number of carbonyl (C=O) groups excluding carboxylic acids is 1. The molecular weight excluding hydrogens is 290 g/mol. The van der Waals surface area contributed by atoms with E-state index in [4.69, 9.17) is 4.74 Å².